The van der Waals surface area contributed by atoms with Gasteiger partial charge in [-0.05, 0) is 24.3 Å². The molecule has 25 heavy (non-hydrogen) atoms. The molecule has 1 aliphatic carbocycles. The first-order valence-corrected chi connectivity index (χ1v) is 7.62. The number of rotatable bonds is 4. The summed E-state index contributed by atoms with van der Waals surface area (Å²) in [4.78, 5) is 37.1. The number of ketones is 2. The highest BCUT2D eigenvalue weighted by atomic mass is 16.5. The van der Waals surface area contributed by atoms with Crippen molar-refractivity contribution < 1.29 is 19.1 Å². The Balaban J connectivity index is 2.06. The van der Waals surface area contributed by atoms with Crippen LogP contribution in [0.15, 0.2) is 59.9 Å². The molecule has 126 valence electrons. The number of carbonyl (C=O) groups excluding carboxylic acids is 3. The molecule has 0 aromatic heterocycles. The number of methoxy groups -OCH3 is 1. The first-order valence-electron chi connectivity index (χ1n) is 7.62. The quantitative estimate of drug-likeness (QED) is 0.896. The summed E-state index contributed by atoms with van der Waals surface area (Å²) in [5.74, 6) is -0.515. The third-order valence-electron chi connectivity index (χ3n) is 3.78. The van der Waals surface area contributed by atoms with E-state index >= 15 is 0 Å². The third kappa shape index (κ3) is 3.14. The highest BCUT2D eigenvalue weighted by Gasteiger charge is 2.32. The number of allylic oxidation sites excluding steroid dienone is 2. The maximum atomic E-state index is 12.8. The second-order valence-corrected chi connectivity index (χ2v) is 5.49. The molecular formula is C19H16N2O4. The lowest BCUT2D eigenvalue weighted by Gasteiger charge is -2.22. The molecule has 0 atom stereocenters. The summed E-state index contributed by atoms with van der Waals surface area (Å²) in [6.45, 7) is 1.29. The number of ether oxygens (including phenoxy) is 1. The van der Waals surface area contributed by atoms with Gasteiger partial charge in [-0.1, -0.05) is 24.3 Å². The molecular weight excluding hydrogens is 320 g/mol. The second kappa shape index (κ2) is 6.60. The number of anilines is 1. The Labute approximate surface area is 144 Å². The van der Waals surface area contributed by atoms with E-state index in [1.54, 1.807) is 55.6 Å². The molecule has 3 rings (SSSR count). The largest absolute Gasteiger partial charge is 0.497 e. The molecule has 0 saturated heterocycles. The Kier molecular flexibility index (Phi) is 4.35. The maximum absolute atomic E-state index is 12.8. The molecule has 2 aromatic carbocycles. The van der Waals surface area contributed by atoms with Gasteiger partial charge in [0.2, 0.25) is 17.5 Å². The number of nitrogens with one attached hydrogen (secondary N) is 2. The molecule has 0 saturated carbocycles. The van der Waals surface area contributed by atoms with Gasteiger partial charge >= 0.3 is 0 Å². The average Bonchev–Trinajstić information content (AvgIpc) is 2.63. The predicted octanol–water partition coefficient (Wildman–Crippen LogP) is 2.53. The first kappa shape index (κ1) is 16.4. The van der Waals surface area contributed by atoms with Crippen LogP contribution in [0.25, 0.3) is 0 Å². The number of fused-ring (bicyclic) bond motifs is 1. The van der Waals surface area contributed by atoms with E-state index in [0.717, 1.165) is 0 Å². The summed E-state index contributed by atoms with van der Waals surface area (Å²) >= 11 is 0. The SMILES string of the molecule is COc1ccc(NC2=C(NC(C)=O)C(=O)c3ccccc3C2=O)cc1. The molecule has 2 N–H and O–H groups in total. The van der Waals surface area contributed by atoms with Crippen molar-refractivity contribution in [2.24, 2.45) is 0 Å². The van der Waals surface area contributed by atoms with Gasteiger partial charge in [-0.3, -0.25) is 14.4 Å². The molecule has 1 amide bonds. The van der Waals surface area contributed by atoms with Crippen molar-refractivity contribution in [3.05, 3.63) is 71.1 Å². The van der Waals surface area contributed by atoms with Gasteiger partial charge in [0, 0.05) is 23.7 Å². The zero-order valence-electron chi connectivity index (χ0n) is 13.8. The molecule has 2 aromatic rings. The predicted molar refractivity (Wildman–Crippen MR) is 92.6 cm³/mol. The van der Waals surface area contributed by atoms with Crippen molar-refractivity contribution in [2.45, 2.75) is 6.92 Å². The van der Waals surface area contributed by atoms with Crippen LogP contribution >= 0.6 is 0 Å². The first-order chi connectivity index (χ1) is 12.0. The number of benzene rings is 2. The van der Waals surface area contributed by atoms with Gasteiger partial charge in [0.25, 0.3) is 0 Å². The molecule has 0 fully saturated rings. The van der Waals surface area contributed by atoms with Crippen LogP contribution < -0.4 is 15.4 Å². The third-order valence-corrected chi connectivity index (χ3v) is 3.78. The lowest BCUT2D eigenvalue weighted by Crippen LogP contribution is -2.35. The minimum atomic E-state index is -0.426. The zero-order valence-corrected chi connectivity index (χ0v) is 13.8. The van der Waals surface area contributed by atoms with E-state index in [0.29, 0.717) is 17.0 Å². The molecule has 0 radical (unpaired) electrons. The minimum Gasteiger partial charge on any atom is -0.497 e. The highest BCUT2D eigenvalue weighted by molar-refractivity contribution is 6.28. The topological polar surface area (TPSA) is 84.5 Å². The fourth-order valence-corrected chi connectivity index (χ4v) is 2.61. The lowest BCUT2D eigenvalue weighted by molar-refractivity contribution is -0.118. The number of hydrogen-bond acceptors (Lipinski definition) is 5. The Morgan fingerprint density at radius 2 is 1.44 bits per heavy atom. The van der Waals surface area contributed by atoms with Crippen LogP contribution in [0.1, 0.15) is 27.6 Å². The molecule has 1 aliphatic rings. The fraction of sp³-hybridized carbons (Fsp3) is 0.105. The van der Waals surface area contributed by atoms with Crippen LogP contribution in [-0.4, -0.2) is 24.6 Å². The lowest BCUT2D eigenvalue weighted by atomic mass is 9.90. The van der Waals surface area contributed by atoms with Crippen molar-refractivity contribution in [3.8, 4) is 5.75 Å². The van der Waals surface area contributed by atoms with Gasteiger partial charge in [0.15, 0.2) is 0 Å². The standard InChI is InChI=1S/C19H16N2O4/c1-11(22)20-16-17(21-12-7-9-13(25-2)10-8-12)19(24)15-6-4-3-5-14(15)18(16)23/h3-10,21H,1-2H3,(H,20,22). The Morgan fingerprint density at radius 1 is 0.880 bits per heavy atom. The number of hydrogen-bond donors (Lipinski definition) is 2. The van der Waals surface area contributed by atoms with Gasteiger partial charge in [0.1, 0.15) is 17.1 Å². The molecule has 0 bridgehead atoms. The van der Waals surface area contributed by atoms with Gasteiger partial charge in [0.05, 0.1) is 7.11 Å². The van der Waals surface area contributed by atoms with Crippen LogP contribution in [0.4, 0.5) is 5.69 Å². The van der Waals surface area contributed by atoms with Crippen molar-refractivity contribution in [1.82, 2.24) is 5.32 Å². The molecule has 0 spiro atoms. The monoisotopic (exact) mass is 336 g/mol. The van der Waals surface area contributed by atoms with E-state index in [2.05, 4.69) is 10.6 Å². The highest BCUT2D eigenvalue weighted by Crippen LogP contribution is 2.27. The second-order valence-electron chi connectivity index (χ2n) is 5.49. The summed E-state index contributed by atoms with van der Waals surface area (Å²) in [6, 6.07) is 13.4. The minimum absolute atomic E-state index is 0.0454. The van der Waals surface area contributed by atoms with Crippen molar-refractivity contribution in [2.75, 3.05) is 12.4 Å². The fourth-order valence-electron chi connectivity index (χ4n) is 2.61. The van der Waals surface area contributed by atoms with Crippen LogP contribution in [0.2, 0.25) is 0 Å². The van der Waals surface area contributed by atoms with E-state index in [-0.39, 0.29) is 22.7 Å². The average molecular weight is 336 g/mol. The Hall–Kier alpha value is -3.41. The van der Waals surface area contributed by atoms with Gasteiger partial charge in [-0.2, -0.15) is 0 Å². The van der Waals surface area contributed by atoms with E-state index < -0.39 is 11.7 Å². The summed E-state index contributed by atoms with van der Waals surface area (Å²) in [6.07, 6.45) is 0. The smallest absolute Gasteiger partial charge is 0.221 e. The van der Waals surface area contributed by atoms with Crippen molar-refractivity contribution in [3.63, 3.8) is 0 Å². The Morgan fingerprint density at radius 3 is 1.96 bits per heavy atom. The van der Waals surface area contributed by atoms with Gasteiger partial charge < -0.3 is 15.4 Å². The van der Waals surface area contributed by atoms with E-state index in [4.69, 9.17) is 4.74 Å². The zero-order chi connectivity index (χ0) is 18.0. The summed E-state index contributed by atoms with van der Waals surface area (Å²) < 4.78 is 5.10. The summed E-state index contributed by atoms with van der Waals surface area (Å²) in [5.41, 5.74) is 1.17. The number of carbonyl (C=O) groups is 3. The normalized spacial score (nSPS) is 13.4. The molecule has 6 nitrogen and oxygen atoms in total. The van der Waals surface area contributed by atoms with E-state index in [1.165, 1.54) is 6.92 Å². The van der Waals surface area contributed by atoms with Crippen LogP contribution in [-0.2, 0) is 4.79 Å². The number of amides is 1. The molecule has 0 unspecified atom stereocenters. The van der Waals surface area contributed by atoms with E-state index in [9.17, 15) is 14.4 Å². The number of Topliss-reactive ketones (excluding diaryl/α,β-unsaturated/α-hetero) is 2. The van der Waals surface area contributed by atoms with Crippen LogP contribution in [0.5, 0.6) is 5.75 Å². The van der Waals surface area contributed by atoms with Crippen LogP contribution in [0, 0.1) is 0 Å². The van der Waals surface area contributed by atoms with Crippen molar-refractivity contribution in [1.29, 1.82) is 0 Å². The summed E-state index contributed by atoms with van der Waals surface area (Å²) in [7, 11) is 1.56. The van der Waals surface area contributed by atoms with Gasteiger partial charge in [-0.25, -0.2) is 0 Å². The summed E-state index contributed by atoms with van der Waals surface area (Å²) in [5, 5.41) is 5.43. The van der Waals surface area contributed by atoms with Crippen molar-refractivity contribution >= 4 is 23.2 Å². The molecule has 0 aliphatic heterocycles. The maximum Gasteiger partial charge on any atom is 0.221 e. The molecule has 0 heterocycles. The van der Waals surface area contributed by atoms with Gasteiger partial charge in [-0.15, -0.1) is 0 Å². The molecule has 6 heteroatoms. The Bertz CT molecular complexity index is 898. The van der Waals surface area contributed by atoms with E-state index in [1.807, 2.05) is 0 Å². The van der Waals surface area contributed by atoms with Crippen LogP contribution in [0.3, 0.4) is 0 Å².